The second kappa shape index (κ2) is 8.80. The van der Waals surface area contributed by atoms with Gasteiger partial charge in [-0.1, -0.05) is 54.6 Å². The van der Waals surface area contributed by atoms with Crippen LogP contribution in [-0.4, -0.2) is 25.5 Å². The van der Waals surface area contributed by atoms with Crippen molar-refractivity contribution in [2.45, 2.75) is 32.1 Å². The maximum absolute atomic E-state index is 13.5. The van der Waals surface area contributed by atoms with Gasteiger partial charge in [0.15, 0.2) is 0 Å². The molecule has 1 aliphatic carbocycles. The Morgan fingerprint density at radius 2 is 1.77 bits per heavy atom. The molecule has 1 N–H and O–H groups in total. The van der Waals surface area contributed by atoms with E-state index in [1.54, 1.807) is 0 Å². The highest BCUT2D eigenvalue weighted by Crippen LogP contribution is 2.48. The molecule has 0 radical (unpaired) electrons. The van der Waals surface area contributed by atoms with Gasteiger partial charge in [-0.2, -0.15) is 0 Å². The van der Waals surface area contributed by atoms with E-state index in [0.717, 1.165) is 16.8 Å². The molecule has 0 saturated carbocycles. The van der Waals surface area contributed by atoms with E-state index >= 15 is 0 Å². The molecule has 5 nitrogen and oxygen atoms in total. The smallest absolute Gasteiger partial charge is 0.336 e. The molecule has 160 valence electrons. The van der Waals surface area contributed by atoms with Gasteiger partial charge in [0.25, 0.3) is 0 Å². The summed E-state index contributed by atoms with van der Waals surface area (Å²) in [5.41, 5.74) is 3.95. The molecule has 2 aromatic rings. The number of hydrogen-bond acceptors (Lipinski definition) is 5. The molecule has 1 heterocycles. The summed E-state index contributed by atoms with van der Waals surface area (Å²) in [4.78, 5) is 26.3. The van der Waals surface area contributed by atoms with E-state index in [4.69, 9.17) is 9.47 Å². The number of methoxy groups -OCH3 is 1. The summed E-state index contributed by atoms with van der Waals surface area (Å²) >= 11 is 0. The van der Waals surface area contributed by atoms with E-state index in [1.165, 1.54) is 7.11 Å². The molecular formula is C26H27NO4. The number of allylic oxidation sites excluding steroid dienone is 3. The second-order valence-electron chi connectivity index (χ2n) is 7.89. The van der Waals surface area contributed by atoms with Gasteiger partial charge in [0.2, 0.25) is 0 Å². The third-order valence-corrected chi connectivity index (χ3v) is 6.05. The zero-order chi connectivity index (χ0) is 22.0. The van der Waals surface area contributed by atoms with Crippen molar-refractivity contribution in [3.05, 3.63) is 88.8 Å². The van der Waals surface area contributed by atoms with Crippen LogP contribution < -0.4 is 10.1 Å². The summed E-state index contributed by atoms with van der Waals surface area (Å²) in [6.45, 7) is 4.27. The van der Waals surface area contributed by atoms with E-state index in [2.05, 4.69) is 11.4 Å². The summed E-state index contributed by atoms with van der Waals surface area (Å²) in [7, 11) is 1.37. The van der Waals surface area contributed by atoms with Crippen LogP contribution in [0.1, 0.15) is 43.2 Å². The number of esters is 1. The third kappa shape index (κ3) is 3.88. The van der Waals surface area contributed by atoms with Crippen LogP contribution in [-0.2, 0) is 14.3 Å². The molecule has 3 atom stereocenters. The summed E-state index contributed by atoms with van der Waals surface area (Å²) in [6, 6.07) is 17.7. The Labute approximate surface area is 182 Å². The quantitative estimate of drug-likeness (QED) is 0.727. The van der Waals surface area contributed by atoms with Crippen LogP contribution in [0.15, 0.2) is 77.6 Å². The molecule has 0 bridgehead atoms. The number of para-hydroxylation sites is 1. The normalized spacial score (nSPS) is 22.9. The Morgan fingerprint density at radius 3 is 2.48 bits per heavy atom. The van der Waals surface area contributed by atoms with Crippen LogP contribution >= 0.6 is 0 Å². The highest BCUT2D eigenvalue weighted by atomic mass is 16.5. The molecule has 0 aromatic heterocycles. The summed E-state index contributed by atoms with van der Waals surface area (Å²) in [5.74, 6) is -0.597. The number of nitrogens with one attached hydrogen (secondary N) is 1. The lowest BCUT2D eigenvalue weighted by Gasteiger charge is -2.39. The monoisotopic (exact) mass is 417 g/mol. The largest absolute Gasteiger partial charge is 0.494 e. The Balaban J connectivity index is 1.87. The van der Waals surface area contributed by atoms with Crippen molar-refractivity contribution in [1.82, 2.24) is 5.32 Å². The number of Topliss-reactive ketones (excluding diaryl/α,β-unsaturated/α-hetero) is 1. The topological polar surface area (TPSA) is 64.6 Å². The molecule has 2 aliphatic rings. The van der Waals surface area contributed by atoms with Gasteiger partial charge in [-0.15, -0.1) is 0 Å². The lowest BCUT2D eigenvalue weighted by molar-refractivity contribution is -0.136. The van der Waals surface area contributed by atoms with Gasteiger partial charge < -0.3 is 14.8 Å². The minimum absolute atomic E-state index is 0.00251. The van der Waals surface area contributed by atoms with Gasteiger partial charge in [-0.3, -0.25) is 4.79 Å². The van der Waals surface area contributed by atoms with Gasteiger partial charge in [0.1, 0.15) is 11.5 Å². The first-order valence-electron chi connectivity index (χ1n) is 10.6. The first kappa shape index (κ1) is 20.9. The number of benzene rings is 2. The van der Waals surface area contributed by atoms with Crippen LogP contribution in [0.5, 0.6) is 5.75 Å². The number of ketones is 1. The number of hydrogen-bond donors (Lipinski definition) is 1. The molecule has 31 heavy (non-hydrogen) atoms. The van der Waals surface area contributed by atoms with Gasteiger partial charge in [0, 0.05) is 35.2 Å². The predicted molar refractivity (Wildman–Crippen MR) is 119 cm³/mol. The number of carbonyl (C=O) groups is 2. The van der Waals surface area contributed by atoms with Crippen molar-refractivity contribution in [1.29, 1.82) is 0 Å². The Bertz CT molecular complexity index is 1050. The predicted octanol–water partition coefficient (Wildman–Crippen LogP) is 4.48. The van der Waals surface area contributed by atoms with Crippen LogP contribution in [0.3, 0.4) is 0 Å². The van der Waals surface area contributed by atoms with E-state index in [1.807, 2.05) is 68.4 Å². The lowest BCUT2D eigenvalue weighted by atomic mass is 9.68. The van der Waals surface area contributed by atoms with E-state index in [-0.39, 0.29) is 11.7 Å². The standard InChI is InChI=1S/C26H27NO4/c1-4-31-22-13-9-8-12-19(22)24-23(26(29)30-3)16(2)27-20-14-18(15-21(28)25(20)24)17-10-6-5-7-11-17/h5-14,18,24-25,27H,4,15H2,1-3H3. The average Bonchev–Trinajstić information content (AvgIpc) is 2.79. The fraction of sp³-hybridized carbons (Fsp3) is 0.308. The minimum Gasteiger partial charge on any atom is -0.494 e. The molecular weight excluding hydrogens is 390 g/mol. The molecule has 3 unspecified atom stereocenters. The van der Waals surface area contributed by atoms with Crippen molar-refractivity contribution in [3.63, 3.8) is 0 Å². The van der Waals surface area contributed by atoms with E-state index in [0.29, 0.717) is 30.0 Å². The maximum atomic E-state index is 13.5. The lowest BCUT2D eigenvalue weighted by Crippen LogP contribution is -2.42. The average molecular weight is 418 g/mol. The van der Waals surface area contributed by atoms with E-state index < -0.39 is 17.8 Å². The summed E-state index contributed by atoms with van der Waals surface area (Å²) in [5, 5.41) is 3.34. The first-order valence-corrected chi connectivity index (χ1v) is 10.6. The molecule has 1 aliphatic heterocycles. The highest BCUT2D eigenvalue weighted by Gasteiger charge is 2.45. The minimum atomic E-state index is -0.487. The maximum Gasteiger partial charge on any atom is 0.336 e. The number of rotatable bonds is 5. The molecule has 5 heteroatoms. The fourth-order valence-electron chi connectivity index (χ4n) is 4.73. The summed E-state index contributed by atoms with van der Waals surface area (Å²) < 4.78 is 11.0. The van der Waals surface area contributed by atoms with Crippen molar-refractivity contribution in [2.75, 3.05) is 13.7 Å². The van der Waals surface area contributed by atoms with Crippen LogP contribution in [0.25, 0.3) is 0 Å². The third-order valence-electron chi connectivity index (χ3n) is 6.05. The van der Waals surface area contributed by atoms with Crippen molar-refractivity contribution >= 4 is 11.8 Å². The molecule has 0 saturated heterocycles. The van der Waals surface area contributed by atoms with Crippen LogP contribution in [0.4, 0.5) is 0 Å². The zero-order valence-electron chi connectivity index (χ0n) is 18.1. The zero-order valence-corrected chi connectivity index (χ0v) is 18.1. The fourth-order valence-corrected chi connectivity index (χ4v) is 4.73. The van der Waals surface area contributed by atoms with Crippen LogP contribution in [0.2, 0.25) is 0 Å². The van der Waals surface area contributed by atoms with Gasteiger partial charge >= 0.3 is 5.97 Å². The van der Waals surface area contributed by atoms with Gasteiger partial charge in [0.05, 0.1) is 25.2 Å². The molecule has 0 fully saturated rings. The molecule has 4 rings (SSSR count). The van der Waals surface area contributed by atoms with Crippen LogP contribution in [0, 0.1) is 5.92 Å². The van der Waals surface area contributed by atoms with Crippen molar-refractivity contribution < 1.29 is 19.1 Å². The Morgan fingerprint density at radius 1 is 1.06 bits per heavy atom. The first-order chi connectivity index (χ1) is 15.0. The van der Waals surface area contributed by atoms with Gasteiger partial charge in [-0.05, 0) is 25.5 Å². The van der Waals surface area contributed by atoms with Gasteiger partial charge in [-0.25, -0.2) is 4.79 Å². The number of ether oxygens (including phenoxy) is 2. The molecule has 2 aromatic carbocycles. The second-order valence-corrected chi connectivity index (χ2v) is 7.89. The SMILES string of the molecule is CCOc1ccccc1C1C(C(=O)OC)=C(C)NC2=CC(c3ccccc3)CC(=O)C21. The highest BCUT2D eigenvalue weighted by molar-refractivity contribution is 5.96. The molecule has 0 amide bonds. The van der Waals surface area contributed by atoms with E-state index in [9.17, 15) is 9.59 Å². The Kier molecular flexibility index (Phi) is 5.94. The number of fused-ring (bicyclic) bond motifs is 1. The number of carbonyl (C=O) groups excluding carboxylic acids is 2. The Hall–Kier alpha value is -3.34. The van der Waals surface area contributed by atoms with Crippen molar-refractivity contribution in [2.24, 2.45) is 5.92 Å². The van der Waals surface area contributed by atoms with Crippen molar-refractivity contribution in [3.8, 4) is 5.75 Å². The summed E-state index contributed by atoms with van der Waals surface area (Å²) in [6.07, 6.45) is 2.52. The molecule has 0 spiro atoms.